The van der Waals surface area contributed by atoms with Gasteiger partial charge < -0.3 is 5.32 Å². The highest BCUT2D eigenvalue weighted by Gasteiger charge is 2.38. The highest BCUT2D eigenvalue weighted by Crippen LogP contribution is 2.25. The van der Waals surface area contributed by atoms with Gasteiger partial charge in [-0.15, -0.1) is 0 Å². The van der Waals surface area contributed by atoms with Gasteiger partial charge in [-0.05, 0) is 24.7 Å². The van der Waals surface area contributed by atoms with Gasteiger partial charge in [-0.3, -0.25) is 4.79 Å². The summed E-state index contributed by atoms with van der Waals surface area (Å²) in [6.45, 7) is 1.07. The highest BCUT2D eigenvalue weighted by atomic mass is 35.5. The lowest BCUT2D eigenvalue weighted by Gasteiger charge is -2.25. The Hall–Kier alpha value is -0.150. The van der Waals surface area contributed by atoms with Crippen LogP contribution in [0.25, 0.3) is 0 Å². The highest BCUT2D eigenvalue weighted by molar-refractivity contribution is 6.65. The van der Waals surface area contributed by atoms with Crippen molar-refractivity contribution in [1.29, 1.82) is 0 Å². The zero-order valence-corrected chi connectivity index (χ0v) is 6.25. The molecule has 0 bridgehead atoms. The number of rotatable bonds is 1. The first-order valence-electron chi connectivity index (χ1n) is 3.25. The van der Waals surface area contributed by atoms with E-state index in [0.717, 1.165) is 0 Å². The number of hydrogen-bond acceptors (Lipinski definition) is 2. The number of carbonyl (C=O) groups excluding carboxylic acids is 1. The second kappa shape index (κ2) is 2.84. The van der Waals surface area contributed by atoms with Crippen LogP contribution >= 0.6 is 11.6 Å². The zero-order chi connectivity index (χ0) is 7.61. The molecule has 2 nitrogen and oxygen atoms in total. The summed E-state index contributed by atoms with van der Waals surface area (Å²) in [7, 11) is 0. The molecule has 0 aromatic heterocycles. The van der Waals surface area contributed by atoms with Crippen molar-refractivity contribution in [3.63, 3.8) is 0 Å². The summed E-state index contributed by atoms with van der Waals surface area (Å²) in [4.78, 5) is 10.5. The Morgan fingerprint density at radius 1 is 1.50 bits per heavy atom. The minimum Gasteiger partial charge on any atom is -0.316 e. The van der Waals surface area contributed by atoms with Gasteiger partial charge in [0.1, 0.15) is 0 Å². The lowest BCUT2D eigenvalue weighted by Crippen LogP contribution is -2.42. The maximum Gasteiger partial charge on any atom is 0.259 e. The molecule has 1 N–H and O–H groups in total. The van der Waals surface area contributed by atoms with E-state index >= 15 is 0 Å². The van der Waals surface area contributed by atoms with E-state index in [1.807, 2.05) is 0 Å². The van der Waals surface area contributed by atoms with Crippen molar-refractivity contribution in [2.45, 2.75) is 18.5 Å². The van der Waals surface area contributed by atoms with Crippen LogP contribution in [-0.4, -0.2) is 24.0 Å². The van der Waals surface area contributed by atoms with Crippen molar-refractivity contribution in [2.75, 3.05) is 13.1 Å². The smallest absolute Gasteiger partial charge is 0.259 e. The second-order valence-corrected chi connectivity index (χ2v) is 2.83. The van der Waals surface area contributed by atoms with Gasteiger partial charge in [-0.2, -0.15) is 0 Å². The van der Waals surface area contributed by atoms with E-state index < -0.39 is 10.9 Å². The number of alkyl halides is 1. The van der Waals surface area contributed by atoms with Gasteiger partial charge in [0.25, 0.3) is 5.24 Å². The van der Waals surface area contributed by atoms with Gasteiger partial charge in [0.15, 0.2) is 5.67 Å². The van der Waals surface area contributed by atoms with E-state index in [9.17, 15) is 9.18 Å². The molecule has 0 aliphatic carbocycles. The normalized spacial score (nSPS) is 24.2. The second-order valence-electron chi connectivity index (χ2n) is 2.49. The van der Waals surface area contributed by atoms with Crippen LogP contribution in [0.2, 0.25) is 0 Å². The van der Waals surface area contributed by atoms with Gasteiger partial charge in [-0.25, -0.2) is 4.39 Å². The van der Waals surface area contributed by atoms with Crippen LogP contribution in [0.15, 0.2) is 0 Å². The lowest BCUT2D eigenvalue weighted by atomic mass is 9.96. The van der Waals surface area contributed by atoms with Crippen LogP contribution in [0, 0.1) is 0 Å². The molecule has 0 radical (unpaired) electrons. The zero-order valence-electron chi connectivity index (χ0n) is 5.49. The van der Waals surface area contributed by atoms with Crippen molar-refractivity contribution in [3.05, 3.63) is 0 Å². The van der Waals surface area contributed by atoms with Crippen molar-refractivity contribution < 1.29 is 9.18 Å². The number of nitrogens with one attached hydrogen (secondary N) is 1. The summed E-state index contributed by atoms with van der Waals surface area (Å²) >= 11 is 5.06. The molecule has 0 amide bonds. The molecule has 0 aromatic carbocycles. The summed E-state index contributed by atoms with van der Waals surface area (Å²) in [6.07, 6.45) is 0.407. The maximum absolute atomic E-state index is 13.2. The van der Waals surface area contributed by atoms with E-state index in [4.69, 9.17) is 11.6 Å². The Balaban J connectivity index is 2.56. The first-order valence-corrected chi connectivity index (χ1v) is 3.62. The third kappa shape index (κ3) is 1.47. The first kappa shape index (κ1) is 7.95. The molecule has 1 fully saturated rings. The molecule has 1 rings (SSSR count). The molecule has 0 spiro atoms. The fourth-order valence-corrected chi connectivity index (χ4v) is 1.21. The Morgan fingerprint density at radius 2 is 2.00 bits per heavy atom. The molecule has 0 atom stereocenters. The average molecular weight is 166 g/mol. The first-order chi connectivity index (χ1) is 4.65. The van der Waals surface area contributed by atoms with Gasteiger partial charge in [0, 0.05) is 12.8 Å². The molecule has 1 heterocycles. The Kier molecular flexibility index (Phi) is 2.26. The van der Waals surface area contributed by atoms with Gasteiger partial charge >= 0.3 is 0 Å². The topological polar surface area (TPSA) is 29.1 Å². The van der Waals surface area contributed by atoms with Crippen LogP contribution in [0.5, 0.6) is 0 Å². The van der Waals surface area contributed by atoms with Gasteiger partial charge in [-0.1, -0.05) is 0 Å². The van der Waals surface area contributed by atoms with Gasteiger partial charge in [0.05, 0.1) is 0 Å². The standard InChI is InChI=1S/C6H9ClFNO/c7-5(10)6(8)1-3-9-4-2-6/h9H,1-4H2. The molecule has 10 heavy (non-hydrogen) atoms. The summed E-state index contributed by atoms with van der Waals surface area (Å²) in [6, 6.07) is 0. The third-order valence-electron chi connectivity index (χ3n) is 1.75. The Bertz CT molecular complexity index is 145. The largest absolute Gasteiger partial charge is 0.316 e. The minimum atomic E-state index is -1.76. The third-order valence-corrected chi connectivity index (χ3v) is 2.09. The SMILES string of the molecule is O=C(Cl)C1(F)CCNCC1. The predicted molar refractivity (Wildman–Crippen MR) is 36.8 cm³/mol. The van der Waals surface area contributed by atoms with E-state index in [0.29, 0.717) is 13.1 Å². The summed E-state index contributed by atoms with van der Waals surface area (Å²) < 4.78 is 13.2. The quantitative estimate of drug-likeness (QED) is 0.584. The van der Waals surface area contributed by atoms with Crippen molar-refractivity contribution in [1.82, 2.24) is 5.32 Å². The summed E-state index contributed by atoms with van der Waals surface area (Å²) in [5.74, 6) is 0. The lowest BCUT2D eigenvalue weighted by molar-refractivity contribution is -0.123. The molecular formula is C6H9ClFNO. The fourth-order valence-electron chi connectivity index (χ4n) is 1.02. The monoisotopic (exact) mass is 165 g/mol. The van der Waals surface area contributed by atoms with E-state index in [1.165, 1.54) is 0 Å². The molecule has 1 aliphatic rings. The van der Waals surface area contributed by atoms with Crippen LogP contribution in [0.4, 0.5) is 4.39 Å². The molecule has 0 unspecified atom stereocenters. The van der Waals surface area contributed by atoms with E-state index in [-0.39, 0.29) is 12.8 Å². The van der Waals surface area contributed by atoms with Crippen LogP contribution in [0.1, 0.15) is 12.8 Å². The number of halogens is 2. The molecular weight excluding hydrogens is 157 g/mol. The Labute approximate surface area is 63.7 Å². The number of piperidine rings is 1. The molecule has 1 aliphatic heterocycles. The van der Waals surface area contributed by atoms with Crippen molar-refractivity contribution >= 4 is 16.8 Å². The number of hydrogen-bond donors (Lipinski definition) is 1. The molecule has 0 aromatic rings. The van der Waals surface area contributed by atoms with E-state index in [1.54, 1.807) is 0 Å². The predicted octanol–water partition coefficient (Wildman–Crippen LogP) is 0.843. The van der Waals surface area contributed by atoms with Crippen LogP contribution in [0.3, 0.4) is 0 Å². The van der Waals surface area contributed by atoms with Crippen LogP contribution < -0.4 is 5.32 Å². The number of carbonyl (C=O) groups is 1. The summed E-state index contributed by atoms with van der Waals surface area (Å²) in [5, 5.41) is 2.09. The fraction of sp³-hybridized carbons (Fsp3) is 0.833. The molecule has 0 saturated carbocycles. The summed E-state index contributed by atoms with van der Waals surface area (Å²) in [5.41, 5.74) is -1.76. The van der Waals surface area contributed by atoms with E-state index in [2.05, 4.69) is 5.32 Å². The van der Waals surface area contributed by atoms with Crippen LogP contribution in [-0.2, 0) is 4.79 Å². The van der Waals surface area contributed by atoms with Crippen molar-refractivity contribution in [3.8, 4) is 0 Å². The minimum absolute atomic E-state index is 0.204. The molecule has 1 saturated heterocycles. The maximum atomic E-state index is 13.2. The Morgan fingerprint density at radius 3 is 2.30 bits per heavy atom. The average Bonchev–Trinajstić information content (AvgIpc) is 1.89. The van der Waals surface area contributed by atoms with Gasteiger partial charge in [0.2, 0.25) is 0 Å². The molecule has 58 valence electrons. The molecule has 4 heteroatoms. The van der Waals surface area contributed by atoms with Crippen molar-refractivity contribution in [2.24, 2.45) is 0 Å².